The number of nitrogens with one attached hydrogen (secondary N) is 1. The molecule has 2 heterocycles. The fraction of sp³-hybridized carbons (Fsp3) is 0.471. The molecule has 0 unspecified atom stereocenters. The molecule has 0 saturated carbocycles. The van der Waals surface area contributed by atoms with Crippen LogP contribution in [0.5, 0.6) is 5.75 Å². The molecule has 1 aromatic carbocycles. The van der Waals surface area contributed by atoms with Crippen molar-refractivity contribution in [3.05, 3.63) is 23.8 Å². The van der Waals surface area contributed by atoms with Crippen molar-refractivity contribution in [1.82, 2.24) is 15.1 Å². The summed E-state index contributed by atoms with van der Waals surface area (Å²) in [6.45, 7) is 1.33. The number of benzene rings is 1. The fourth-order valence-electron chi connectivity index (χ4n) is 2.97. The third-order valence-corrected chi connectivity index (χ3v) is 7.69. The van der Waals surface area contributed by atoms with Crippen molar-refractivity contribution in [3.63, 3.8) is 0 Å². The molecule has 1 aliphatic heterocycles. The smallest absolute Gasteiger partial charge is 0.263 e. The van der Waals surface area contributed by atoms with Crippen molar-refractivity contribution in [2.24, 2.45) is 0 Å². The molecule has 0 atom stereocenters. The fourth-order valence-corrected chi connectivity index (χ4v) is 5.40. The van der Waals surface area contributed by atoms with Gasteiger partial charge in [0.05, 0.1) is 17.6 Å². The normalized spacial score (nSPS) is 15.1. The number of carbonyl (C=O) groups excluding carboxylic acids is 1. The molecule has 11 heteroatoms. The molecule has 0 bridgehead atoms. The molecule has 28 heavy (non-hydrogen) atoms. The number of methoxy groups -OCH3 is 1. The number of amides is 1. The molecule has 2 aromatic rings. The molecule has 1 aliphatic rings. The highest BCUT2D eigenvalue weighted by Gasteiger charge is 2.24. The third-order valence-electron chi connectivity index (χ3n) is 4.41. The van der Waals surface area contributed by atoms with E-state index in [9.17, 15) is 13.2 Å². The summed E-state index contributed by atoms with van der Waals surface area (Å²) in [4.78, 5) is 14.8. The maximum atomic E-state index is 13.0. The Balaban J connectivity index is 1.89. The van der Waals surface area contributed by atoms with Crippen molar-refractivity contribution in [3.8, 4) is 5.75 Å². The van der Waals surface area contributed by atoms with Gasteiger partial charge in [-0.25, -0.2) is 8.42 Å². The van der Waals surface area contributed by atoms with Crippen LogP contribution in [-0.4, -0.2) is 55.9 Å². The summed E-state index contributed by atoms with van der Waals surface area (Å²) in [5.74, 6) is 0.144. The average molecular weight is 443 g/mol. The minimum absolute atomic E-state index is 0.0210. The van der Waals surface area contributed by atoms with E-state index in [1.165, 1.54) is 37.1 Å². The highest BCUT2D eigenvalue weighted by molar-refractivity contribution is 8.00. The first kappa shape index (κ1) is 20.9. The van der Waals surface area contributed by atoms with E-state index in [1.54, 1.807) is 4.90 Å². The van der Waals surface area contributed by atoms with Gasteiger partial charge in [0, 0.05) is 13.1 Å². The van der Waals surface area contributed by atoms with Crippen LogP contribution < -0.4 is 9.46 Å². The topological polar surface area (TPSA) is 101 Å². The second kappa shape index (κ2) is 9.10. The number of ether oxygens (including phenoxy) is 1. The number of hydrogen-bond donors (Lipinski definition) is 1. The van der Waals surface area contributed by atoms with E-state index in [4.69, 9.17) is 4.74 Å². The number of hydrogen-bond acceptors (Lipinski definition) is 8. The quantitative estimate of drug-likeness (QED) is 0.686. The molecule has 1 fully saturated rings. The molecule has 1 amide bonds. The predicted molar refractivity (Wildman–Crippen MR) is 110 cm³/mol. The van der Waals surface area contributed by atoms with Crippen LogP contribution in [0, 0.1) is 0 Å². The predicted octanol–water partition coefficient (Wildman–Crippen LogP) is 3.09. The molecule has 3 rings (SSSR count). The zero-order chi connectivity index (χ0) is 20.1. The Kier molecular flexibility index (Phi) is 6.78. The number of sulfonamides is 1. The molecular formula is C17H22N4O4S3. The van der Waals surface area contributed by atoms with Gasteiger partial charge in [0.25, 0.3) is 15.9 Å². The zero-order valence-electron chi connectivity index (χ0n) is 15.7. The Morgan fingerprint density at radius 1 is 1.21 bits per heavy atom. The van der Waals surface area contributed by atoms with E-state index < -0.39 is 10.0 Å². The molecule has 0 aliphatic carbocycles. The van der Waals surface area contributed by atoms with E-state index in [0.717, 1.165) is 37.0 Å². The van der Waals surface area contributed by atoms with E-state index in [2.05, 4.69) is 14.9 Å². The third kappa shape index (κ3) is 4.76. The Morgan fingerprint density at radius 2 is 1.93 bits per heavy atom. The van der Waals surface area contributed by atoms with Gasteiger partial charge in [-0.1, -0.05) is 35.9 Å². The Hall–Kier alpha value is -1.85. The summed E-state index contributed by atoms with van der Waals surface area (Å²) < 4.78 is 33.9. The van der Waals surface area contributed by atoms with Crippen LogP contribution in [0.3, 0.4) is 0 Å². The lowest BCUT2D eigenvalue weighted by Crippen LogP contribution is -2.32. The molecule has 1 aromatic heterocycles. The highest BCUT2D eigenvalue weighted by atomic mass is 32.2. The van der Waals surface area contributed by atoms with Crippen molar-refractivity contribution in [2.45, 2.75) is 34.9 Å². The number of nitrogens with zero attached hydrogens (tertiary/aromatic N) is 3. The second-order valence-corrected chi connectivity index (χ2v) is 9.96. The van der Waals surface area contributed by atoms with Gasteiger partial charge in [0.2, 0.25) is 5.13 Å². The Bertz CT molecular complexity index is 938. The summed E-state index contributed by atoms with van der Waals surface area (Å²) in [5.41, 5.74) is 0.245. The van der Waals surface area contributed by atoms with Crippen molar-refractivity contribution in [2.75, 3.05) is 31.2 Å². The summed E-state index contributed by atoms with van der Waals surface area (Å²) >= 11 is 2.53. The molecule has 0 radical (unpaired) electrons. The number of likely N-dealkylation sites (tertiary alicyclic amines) is 1. The summed E-state index contributed by atoms with van der Waals surface area (Å²) in [7, 11) is -2.44. The zero-order valence-corrected chi connectivity index (χ0v) is 18.1. The van der Waals surface area contributed by atoms with Gasteiger partial charge in [0.15, 0.2) is 4.34 Å². The Labute approximate surface area is 172 Å². The van der Waals surface area contributed by atoms with E-state index in [-0.39, 0.29) is 21.5 Å². The number of anilines is 1. The lowest BCUT2D eigenvalue weighted by molar-refractivity contribution is 0.0758. The summed E-state index contributed by atoms with van der Waals surface area (Å²) in [6, 6.07) is 4.29. The van der Waals surface area contributed by atoms with Crippen molar-refractivity contribution >= 4 is 44.2 Å². The van der Waals surface area contributed by atoms with E-state index in [1.807, 2.05) is 6.26 Å². The highest BCUT2D eigenvalue weighted by Crippen LogP contribution is 2.28. The van der Waals surface area contributed by atoms with Gasteiger partial charge in [-0.3, -0.25) is 9.52 Å². The van der Waals surface area contributed by atoms with Gasteiger partial charge < -0.3 is 9.64 Å². The van der Waals surface area contributed by atoms with Crippen LogP contribution in [0.2, 0.25) is 0 Å². The number of aromatic nitrogens is 2. The first-order valence-electron chi connectivity index (χ1n) is 8.82. The first-order valence-corrected chi connectivity index (χ1v) is 12.3. The van der Waals surface area contributed by atoms with Gasteiger partial charge in [-0.05, 0) is 37.3 Å². The summed E-state index contributed by atoms with van der Waals surface area (Å²) in [6.07, 6.45) is 5.92. The molecule has 1 N–H and O–H groups in total. The van der Waals surface area contributed by atoms with Crippen LogP contribution in [0.1, 0.15) is 36.0 Å². The van der Waals surface area contributed by atoms with E-state index >= 15 is 0 Å². The van der Waals surface area contributed by atoms with Gasteiger partial charge in [-0.15, -0.1) is 10.2 Å². The first-order chi connectivity index (χ1) is 13.4. The summed E-state index contributed by atoms with van der Waals surface area (Å²) in [5, 5.41) is 7.89. The number of rotatable bonds is 6. The van der Waals surface area contributed by atoms with Crippen LogP contribution in [0.25, 0.3) is 0 Å². The largest absolute Gasteiger partial charge is 0.496 e. The Morgan fingerprint density at radius 3 is 2.54 bits per heavy atom. The molecular weight excluding hydrogens is 420 g/mol. The minimum Gasteiger partial charge on any atom is -0.496 e. The average Bonchev–Trinajstić information content (AvgIpc) is 2.97. The van der Waals surface area contributed by atoms with Crippen molar-refractivity contribution in [1.29, 1.82) is 0 Å². The second-order valence-electron chi connectivity index (χ2n) is 6.25. The standard InChI is InChI=1S/C17H22N4O4S3/c1-25-14-8-7-12(28(23,24)20-16-18-19-17(26-2)27-16)11-13(14)15(22)21-9-5-3-4-6-10-21/h7-8,11H,3-6,9-10H2,1-2H3,(H,18,20). The molecule has 152 valence electrons. The molecule has 8 nitrogen and oxygen atoms in total. The molecule has 0 spiro atoms. The van der Waals surface area contributed by atoms with E-state index in [0.29, 0.717) is 23.2 Å². The lowest BCUT2D eigenvalue weighted by Gasteiger charge is -2.22. The monoisotopic (exact) mass is 442 g/mol. The van der Waals surface area contributed by atoms with Crippen molar-refractivity contribution < 1.29 is 17.9 Å². The van der Waals surface area contributed by atoms with Gasteiger partial charge in [0.1, 0.15) is 5.75 Å². The van der Waals surface area contributed by atoms with Gasteiger partial charge in [-0.2, -0.15) is 0 Å². The van der Waals surface area contributed by atoms with Crippen LogP contribution in [0.15, 0.2) is 27.4 Å². The number of carbonyl (C=O) groups is 1. The van der Waals surface area contributed by atoms with Gasteiger partial charge >= 0.3 is 0 Å². The molecule has 1 saturated heterocycles. The number of thioether (sulfide) groups is 1. The maximum absolute atomic E-state index is 13.0. The lowest BCUT2D eigenvalue weighted by atomic mass is 10.1. The maximum Gasteiger partial charge on any atom is 0.263 e. The van der Waals surface area contributed by atoms with Crippen LogP contribution in [-0.2, 0) is 10.0 Å². The minimum atomic E-state index is -3.90. The van der Waals surface area contributed by atoms with Crippen LogP contribution >= 0.6 is 23.1 Å². The SMILES string of the molecule is COc1ccc(S(=O)(=O)Nc2nnc(SC)s2)cc1C(=O)N1CCCCCC1. The van der Waals surface area contributed by atoms with Crippen LogP contribution in [0.4, 0.5) is 5.13 Å².